The summed E-state index contributed by atoms with van der Waals surface area (Å²) < 4.78 is 0. The summed E-state index contributed by atoms with van der Waals surface area (Å²) in [5.74, 6) is 0. The maximum Gasteiger partial charge on any atom is 0.139 e. The average Bonchev–Trinajstić information content (AvgIpc) is 1.67. The summed E-state index contributed by atoms with van der Waals surface area (Å²) >= 11 is 0. The van der Waals surface area contributed by atoms with Crippen molar-refractivity contribution in [2.24, 2.45) is 5.73 Å². The highest BCUT2D eigenvalue weighted by molar-refractivity contribution is 5.62. The third-order valence-electron chi connectivity index (χ3n) is 0.920. The van der Waals surface area contributed by atoms with E-state index in [1.54, 1.807) is 6.92 Å². The zero-order valence-corrected chi connectivity index (χ0v) is 4.92. The number of rotatable bonds is 3. The number of nitrogens with two attached hydrogens (primary N) is 1. The standard InChI is InChI=1S/C5H11NO2/c1-5(6,4-8)2-3-7/h4,7H,2-3,6H2,1H3/t5-/m0/s1. The van der Waals surface area contributed by atoms with Crippen LogP contribution in [0, 0.1) is 0 Å². The summed E-state index contributed by atoms with van der Waals surface area (Å²) in [6.45, 7) is 1.54. The molecule has 3 heteroatoms. The van der Waals surface area contributed by atoms with Crippen LogP contribution in [0.1, 0.15) is 13.3 Å². The molecule has 0 saturated heterocycles. The third kappa shape index (κ3) is 2.71. The zero-order valence-electron chi connectivity index (χ0n) is 4.92. The molecule has 0 aliphatic heterocycles. The molecule has 0 saturated carbocycles. The summed E-state index contributed by atoms with van der Waals surface area (Å²) in [6, 6.07) is 0. The van der Waals surface area contributed by atoms with E-state index in [0.29, 0.717) is 12.7 Å². The molecule has 3 nitrogen and oxygen atoms in total. The molecule has 1 atom stereocenters. The van der Waals surface area contributed by atoms with Gasteiger partial charge in [0.1, 0.15) is 6.29 Å². The summed E-state index contributed by atoms with van der Waals surface area (Å²) in [4.78, 5) is 9.98. The molecule has 3 N–H and O–H groups in total. The van der Waals surface area contributed by atoms with E-state index in [0.717, 1.165) is 0 Å². The minimum absolute atomic E-state index is 0.0360. The third-order valence-corrected chi connectivity index (χ3v) is 0.920. The van der Waals surface area contributed by atoms with Crippen molar-refractivity contribution in [3.05, 3.63) is 0 Å². The van der Waals surface area contributed by atoms with Crippen LogP contribution >= 0.6 is 0 Å². The Morgan fingerprint density at radius 1 is 1.88 bits per heavy atom. The Labute approximate surface area is 48.5 Å². The fourth-order valence-corrected chi connectivity index (χ4v) is 0.300. The lowest BCUT2D eigenvalue weighted by Gasteiger charge is -2.13. The van der Waals surface area contributed by atoms with Crippen LogP contribution in [0.5, 0.6) is 0 Å². The Morgan fingerprint density at radius 3 is 2.50 bits per heavy atom. The topological polar surface area (TPSA) is 63.3 Å². The van der Waals surface area contributed by atoms with Crippen LogP contribution in [0.3, 0.4) is 0 Å². The summed E-state index contributed by atoms with van der Waals surface area (Å²) in [7, 11) is 0. The van der Waals surface area contributed by atoms with Crippen LogP contribution in [-0.2, 0) is 4.79 Å². The Hall–Kier alpha value is -0.410. The molecule has 0 aromatic heterocycles. The van der Waals surface area contributed by atoms with Gasteiger partial charge in [-0.25, -0.2) is 0 Å². The van der Waals surface area contributed by atoms with E-state index >= 15 is 0 Å². The van der Waals surface area contributed by atoms with Gasteiger partial charge in [0, 0.05) is 6.61 Å². The van der Waals surface area contributed by atoms with Crippen molar-refractivity contribution >= 4 is 6.29 Å². The number of hydrogen-bond donors (Lipinski definition) is 2. The Bertz CT molecular complexity index is 80.5. The van der Waals surface area contributed by atoms with Gasteiger partial charge in [0.15, 0.2) is 0 Å². The normalized spacial score (nSPS) is 17.4. The first-order chi connectivity index (χ1) is 3.62. The lowest BCUT2D eigenvalue weighted by molar-refractivity contribution is -0.112. The van der Waals surface area contributed by atoms with Crippen LogP contribution in [-0.4, -0.2) is 23.5 Å². The predicted molar refractivity (Wildman–Crippen MR) is 30.4 cm³/mol. The highest BCUT2D eigenvalue weighted by Gasteiger charge is 2.14. The van der Waals surface area contributed by atoms with Gasteiger partial charge in [-0.3, -0.25) is 0 Å². The SMILES string of the molecule is C[C@@](N)(C=O)CCO. The van der Waals surface area contributed by atoms with Crippen LogP contribution in [0.25, 0.3) is 0 Å². The van der Waals surface area contributed by atoms with Crippen molar-refractivity contribution in [3.63, 3.8) is 0 Å². The summed E-state index contributed by atoms with van der Waals surface area (Å²) in [6.07, 6.45) is 0.972. The Kier molecular flexibility index (Phi) is 2.65. The fraction of sp³-hybridized carbons (Fsp3) is 0.800. The first-order valence-corrected chi connectivity index (χ1v) is 2.48. The van der Waals surface area contributed by atoms with Crippen LogP contribution < -0.4 is 5.73 Å². The molecule has 0 spiro atoms. The second-order valence-electron chi connectivity index (χ2n) is 2.10. The molecule has 0 heterocycles. The van der Waals surface area contributed by atoms with Crippen molar-refractivity contribution in [3.8, 4) is 0 Å². The van der Waals surface area contributed by atoms with Crippen LogP contribution in [0.2, 0.25) is 0 Å². The first-order valence-electron chi connectivity index (χ1n) is 2.48. The van der Waals surface area contributed by atoms with E-state index in [9.17, 15) is 4.79 Å². The smallest absolute Gasteiger partial charge is 0.139 e. The molecule has 0 aromatic carbocycles. The second kappa shape index (κ2) is 2.79. The number of hydrogen-bond acceptors (Lipinski definition) is 3. The quantitative estimate of drug-likeness (QED) is 0.480. The highest BCUT2D eigenvalue weighted by atomic mass is 16.3. The molecule has 0 aliphatic rings. The molecule has 0 fully saturated rings. The van der Waals surface area contributed by atoms with Crippen LogP contribution in [0.15, 0.2) is 0 Å². The number of aldehydes is 1. The van der Waals surface area contributed by atoms with Crippen molar-refractivity contribution in [2.75, 3.05) is 6.61 Å². The average molecular weight is 117 g/mol. The lowest BCUT2D eigenvalue weighted by Crippen LogP contribution is -2.38. The molecular formula is C5H11NO2. The van der Waals surface area contributed by atoms with Crippen molar-refractivity contribution in [1.29, 1.82) is 0 Å². The second-order valence-corrected chi connectivity index (χ2v) is 2.10. The fourth-order valence-electron chi connectivity index (χ4n) is 0.300. The molecule has 0 aromatic rings. The van der Waals surface area contributed by atoms with Gasteiger partial charge in [-0.05, 0) is 13.3 Å². The molecule has 8 heavy (non-hydrogen) atoms. The summed E-state index contributed by atoms with van der Waals surface area (Å²) in [5.41, 5.74) is 4.46. The van der Waals surface area contributed by atoms with Gasteiger partial charge >= 0.3 is 0 Å². The van der Waals surface area contributed by atoms with Gasteiger partial charge in [-0.15, -0.1) is 0 Å². The molecule has 0 rings (SSSR count). The van der Waals surface area contributed by atoms with Gasteiger partial charge in [0.25, 0.3) is 0 Å². The number of aliphatic hydroxyl groups excluding tert-OH is 1. The maximum atomic E-state index is 9.98. The first kappa shape index (κ1) is 7.59. The van der Waals surface area contributed by atoms with Gasteiger partial charge in [-0.2, -0.15) is 0 Å². The number of aliphatic hydroxyl groups is 1. The molecule has 0 amide bonds. The maximum absolute atomic E-state index is 9.98. The molecule has 0 aliphatic carbocycles. The minimum atomic E-state index is -0.839. The molecule has 0 bridgehead atoms. The Balaban J connectivity index is 3.53. The van der Waals surface area contributed by atoms with Gasteiger partial charge in [0.05, 0.1) is 5.54 Å². The van der Waals surface area contributed by atoms with E-state index in [-0.39, 0.29) is 6.61 Å². The highest BCUT2D eigenvalue weighted by Crippen LogP contribution is 1.98. The lowest BCUT2D eigenvalue weighted by atomic mass is 10.0. The summed E-state index contributed by atoms with van der Waals surface area (Å²) in [5, 5.41) is 8.29. The van der Waals surface area contributed by atoms with Crippen molar-refractivity contribution in [1.82, 2.24) is 0 Å². The van der Waals surface area contributed by atoms with E-state index in [1.807, 2.05) is 0 Å². The van der Waals surface area contributed by atoms with E-state index in [1.165, 1.54) is 0 Å². The number of carbonyl (C=O) groups excluding carboxylic acids is 1. The van der Waals surface area contributed by atoms with Gasteiger partial charge in [0.2, 0.25) is 0 Å². The van der Waals surface area contributed by atoms with Gasteiger partial charge < -0.3 is 15.6 Å². The molecule has 0 radical (unpaired) electrons. The van der Waals surface area contributed by atoms with Gasteiger partial charge in [-0.1, -0.05) is 0 Å². The largest absolute Gasteiger partial charge is 0.396 e. The zero-order chi connectivity index (χ0) is 6.62. The molecular weight excluding hydrogens is 106 g/mol. The number of carbonyl (C=O) groups is 1. The molecule has 48 valence electrons. The van der Waals surface area contributed by atoms with Crippen molar-refractivity contribution in [2.45, 2.75) is 18.9 Å². The molecule has 0 unspecified atom stereocenters. The monoisotopic (exact) mass is 117 g/mol. The predicted octanol–water partition coefficient (Wildman–Crippen LogP) is -0.715. The minimum Gasteiger partial charge on any atom is -0.396 e. The van der Waals surface area contributed by atoms with E-state index < -0.39 is 5.54 Å². The van der Waals surface area contributed by atoms with E-state index in [4.69, 9.17) is 10.8 Å². The van der Waals surface area contributed by atoms with Crippen molar-refractivity contribution < 1.29 is 9.90 Å². The van der Waals surface area contributed by atoms with Crippen LogP contribution in [0.4, 0.5) is 0 Å². The Morgan fingerprint density at radius 2 is 2.38 bits per heavy atom. The van der Waals surface area contributed by atoms with E-state index in [2.05, 4.69) is 0 Å².